The van der Waals surface area contributed by atoms with Gasteiger partial charge in [-0.15, -0.1) is 12.6 Å². The van der Waals surface area contributed by atoms with E-state index >= 15 is 0 Å². The number of carbonyl (C=O) groups is 1. The van der Waals surface area contributed by atoms with Crippen LogP contribution in [0.4, 0.5) is 11.8 Å². The summed E-state index contributed by atoms with van der Waals surface area (Å²) >= 11 is 4.24. The van der Waals surface area contributed by atoms with E-state index in [1.807, 2.05) is 0 Å². The highest BCUT2D eigenvalue weighted by molar-refractivity contribution is 7.84. The molecule has 0 bridgehead atoms. The van der Waals surface area contributed by atoms with Gasteiger partial charge in [0.05, 0.1) is 6.54 Å². The molecule has 0 saturated carbocycles. The van der Waals surface area contributed by atoms with Crippen molar-refractivity contribution in [1.82, 2.24) is 14.9 Å². The fraction of sp³-hybridized carbons (Fsp3) is 0.364. The van der Waals surface area contributed by atoms with E-state index < -0.39 is 0 Å². The number of anilines is 2. The first-order valence-corrected chi connectivity index (χ1v) is 6.02. The molecule has 0 unspecified atom stereocenters. The minimum Gasteiger partial charge on any atom is -0.396 e. The number of amides is 1. The van der Waals surface area contributed by atoms with Crippen LogP contribution in [0.25, 0.3) is 0 Å². The Hall–Kier alpha value is -1.80. The molecule has 0 aliphatic heterocycles. The van der Waals surface area contributed by atoms with Gasteiger partial charge in [0, 0.05) is 35.4 Å². The molecule has 0 fully saturated rings. The lowest BCUT2D eigenvalue weighted by molar-refractivity contribution is -0.116. The minimum absolute atomic E-state index is 0.0318. The van der Waals surface area contributed by atoms with E-state index in [1.54, 1.807) is 6.92 Å². The molecule has 7 nitrogen and oxygen atoms in total. The highest BCUT2D eigenvalue weighted by Crippen LogP contribution is 2.19. The second-order valence-electron chi connectivity index (χ2n) is 3.88. The van der Waals surface area contributed by atoms with Crippen LogP contribution in [0.5, 0.6) is 0 Å². The lowest BCUT2D eigenvalue weighted by Crippen LogP contribution is -2.21. The smallest absolute Gasteiger partial charge is 0.221 e. The maximum absolute atomic E-state index is 11.1. The number of aliphatic hydroxyl groups is 1. The maximum Gasteiger partial charge on any atom is 0.221 e. The van der Waals surface area contributed by atoms with Crippen molar-refractivity contribution in [2.75, 3.05) is 18.1 Å². The van der Waals surface area contributed by atoms with Crippen molar-refractivity contribution in [2.24, 2.45) is 0 Å². The van der Waals surface area contributed by atoms with Crippen LogP contribution < -0.4 is 11.5 Å². The molecule has 1 heterocycles. The summed E-state index contributed by atoms with van der Waals surface area (Å²) in [5, 5.41) is 8.86. The molecule has 0 radical (unpaired) electrons. The van der Waals surface area contributed by atoms with Gasteiger partial charge in [-0.05, 0) is 6.92 Å². The Bertz CT molecular complexity index is 492. The third-order valence-electron chi connectivity index (χ3n) is 2.58. The number of nitrogens with zero attached hydrogens (tertiary/aromatic N) is 3. The molecule has 8 heteroatoms. The van der Waals surface area contributed by atoms with Gasteiger partial charge in [-0.3, -0.25) is 4.79 Å². The molecule has 1 rings (SSSR count). The molecule has 1 amide bonds. The van der Waals surface area contributed by atoms with Crippen molar-refractivity contribution in [3.8, 4) is 0 Å². The average Bonchev–Trinajstić information content (AvgIpc) is 2.37. The Labute approximate surface area is 116 Å². The molecule has 0 atom stereocenters. The number of nitrogen functional groups attached to an aromatic ring is 2. The SMILES string of the molecule is CC(=C(S)CCO)N(C=O)Cc1cnc(N)nc1N. The Kier molecular flexibility index (Phi) is 5.58. The number of hydrogen-bond acceptors (Lipinski definition) is 7. The Balaban J connectivity index is 2.93. The highest BCUT2D eigenvalue weighted by Gasteiger charge is 2.12. The average molecular weight is 283 g/mol. The van der Waals surface area contributed by atoms with Crippen molar-refractivity contribution in [3.63, 3.8) is 0 Å². The summed E-state index contributed by atoms with van der Waals surface area (Å²) in [6, 6.07) is 0. The zero-order valence-electron chi connectivity index (χ0n) is 10.6. The fourth-order valence-electron chi connectivity index (χ4n) is 1.43. The van der Waals surface area contributed by atoms with E-state index in [1.165, 1.54) is 11.1 Å². The molecule has 104 valence electrons. The van der Waals surface area contributed by atoms with Crippen LogP contribution in [-0.4, -0.2) is 33.0 Å². The van der Waals surface area contributed by atoms with Crippen molar-refractivity contribution in [1.29, 1.82) is 0 Å². The van der Waals surface area contributed by atoms with E-state index in [4.69, 9.17) is 16.6 Å². The largest absolute Gasteiger partial charge is 0.396 e. The summed E-state index contributed by atoms with van der Waals surface area (Å²) in [6.07, 6.45) is 2.53. The Morgan fingerprint density at radius 1 is 1.58 bits per heavy atom. The first-order chi connectivity index (χ1) is 8.99. The third kappa shape index (κ3) is 4.11. The first-order valence-electron chi connectivity index (χ1n) is 5.58. The predicted octanol–water partition coefficient (Wildman–Crippen LogP) is 0.143. The minimum atomic E-state index is -0.0318. The number of hydrogen-bond donors (Lipinski definition) is 4. The van der Waals surface area contributed by atoms with Gasteiger partial charge in [-0.25, -0.2) is 4.98 Å². The summed E-state index contributed by atoms with van der Waals surface area (Å²) in [6.45, 7) is 1.92. The summed E-state index contributed by atoms with van der Waals surface area (Å²) < 4.78 is 0. The van der Waals surface area contributed by atoms with Crippen LogP contribution in [0.1, 0.15) is 18.9 Å². The van der Waals surface area contributed by atoms with Crippen molar-refractivity contribution >= 4 is 30.8 Å². The molecule has 1 aromatic heterocycles. The topological polar surface area (TPSA) is 118 Å². The normalized spacial score (nSPS) is 11.9. The van der Waals surface area contributed by atoms with Crippen molar-refractivity contribution in [3.05, 3.63) is 22.4 Å². The molecule has 19 heavy (non-hydrogen) atoms. The number of rotatable bonds is 6. The molecule has 0 aliphatic carbocycles. The van der Waals surface area contributed by atoms with E-state index in [0.29, 0.717) is 29.0 Å². The lowest BCUT2D eigenvalue weighted by Gasteiger charge is -2.20. The standard InChI is InChI=1S/C11H17N5O2S/c1-7(9(19)2-3-17)16(6-18)5-8-4-14-11(13)15-10(8)12/h4,6,17,19H,2-3,5H2,1H3,(H4,12,13,14,15). The van der Waals surface area contributed by atoms with E-state index in [0.717, 1.165) is 0 Å². The quantitative estimate of drug-likeness (QED) is 0.436. The zero-order valence-corrected chi connectivity index (χ0v) is 11.5. The molecule has 0 spiro atoms. The Morgan fingerprint density at radius 2 is 2.26 bits per heavy atom. The van der Waals surface area contributed by atoms with Crippen molar-refractivity contribution < 1.29 is 9.90 Å². The summed E-state index contributed by atoms with van der Waals surface area (Å²) in [7, 11) is 0. The highest BCUT2D eigenvalue weighted by atomic mass is 32.1. The van der Waals surface area contributed by atoms with Gasteiger partial charge >= 0.3 is 0 Å². The van der Waals surface area contributed by atoms with E-state index in [2.05, 4.69) is 22.6 Å². The third-order valence-corrected chi connectivity index (χ3v) is 3.13. The van der Waals surface area contributed by atoms with Crippen LogP contribution in [-0.2, 0) is 11.3 Å². The van der Waals surface area contributed by atoms with Crippen LogP contribution >= 0.6 is 12.6 Å². The molecule has 0 aromatic carbocycles. The first kappa shape index (κ1) is 15.3. The summed E-state index contributed by atoms with van der Waals surface area (Å²) in [4.78, 5) is 20.8. The molecule has 1 aromatic rings. The molecule has 0 aliphatic rings. The van der Waals surface area contributed by atoms with Gasteiger partial charge in [0.25, 0.3) is 0 Å². The molecule has 5 N–H and O–H groups in total. The monoisotopic (exact) mass is 283 g/mol. The van der Waals surface area contributed by atoms with Gasteiger partial charge in [0.2, 0.25) is 12.4 Å². The van der Waals surface area contributed by atoms with Crippen LogP contribution in [0.2, 0.25) is 0 Å². The molecular weight excluding hydrogens is 266 g/mol. The number of aliphatic hydroxyl groups excluding tert-OH is 1. The Morgan fingerprint density at radius 3 is 2.79 bits per heavy atom. The van der Waals surface area contributed by atoms with Gasteiger partial charge in [-0.2, -0.15) is 4.98 Å². The van der Waals surface area contributed by atoms with Gasteiger partial charge < -0.3 is 21.5 Å². The molecule has 0 saturated heterocycles. The summed E-state index contributed by atoms with van der Waals surface area (Å²) in [5.74, 6) is 0.316. The van der Waals surface area contributed by atoms with Gasteiger partial charge in [-0.1, -0.05) is 0 Å². The van der Waals surface area contributed by atoms with E-state index in [-0.39, 0.29) is 24.9 Å². The van der Waals surface area contributed by atoms with Crippen LogP contribution in [0, 0.1) is 0 Å². The second-order valence-corrected chi connectivity index (χ2v) is 4.42. The van der Waals surface area contributed by atoms with Crippen LogP contribution in [0.3, 0.4) is 0 Å². The second kappa shape index (κ2) is 6.95. The zero-order chi connectivity index (χ0) is 14.4. The lowest BCUT2D eigenvalue weighted by atomic mass is 10.2. The number of nitrogens with two attached hydrogens (primary N) is 2. The fourth-order valence-corrected chi connectivity index (χ4v) is 1.66. The van der Waals surface area contributed by atoms with Gasteiger partial charge in [0.1, 0.15) is 5.82 Å². The van der Waals surface area contributed by atoms with Crippen LogP contribution in [0.15, 0.2) is 16.8 Å². The molecular formula is C11H17N5O2S. The number of allylic oxidation sites excluding steroid dienone is 1. The number of carbonyl (C=O) groups excluding carboxylic acids is 1. The van der Waals surface area contributed by atoms with Crippen molar-refractivity contribution in [2.45, 2.75) is 19.9 Å². The summed E-state index contributed by atoms with van der Waals surface area (Å²) in [5.41, 5.74) is 12.3. The number of aromatic nitrogens is 2. The van der Waals surface area contributed by atoms with Gasteiger partial charge in [0.15, 0.2) is 0 Å². The van der Waals surface area contributed by atoms with E-state index in [9.17, 15) is 4.79 Å². The number of thiol groups is 1. The predicted molar refractivity (Wildman–Crippen MR) is 75.9 cm³/mol. The maximum atomic E-state index is 11.1.